The lowest BCUT2D eigenvalue weighted by Crippen LogP contribution is -1.98. The van der Waals surface area contributed by atoms with Gasteiger partial charge >= 0.3 is 5.97 Å². The van der Waals surface area contributed by atoms with E-state index in [1.54, 1.807) is 17.4 Å². The van der Waals surface area contributed by atoms with Gasteiger partial charge in [0.2, 0.25) is 0 Å². The van der Waals surface area contributed by atoms with Crippen molar-refractivity contribution >= 4 is 29.1 Å². The van der Waals surface area contributed by atoms with Gasteiger partial charge in [-0.05, 0) is 23.6 Å². The van der Waals surface area contributed by atoms with Crippen molar-refractivity contribution in [3.63, 3.8) is 0 Å². The molecule has 2 aromatic rings. The van der Waals surface area contributed by atoms with Crippen molar-refractivity contribution in [3.05, 3.63) is 29.6 Å². The predicted molar refractivity (Wildman–Crippen MR) is 63.7 cm³/mol. The van der Waals surface area contributed by atoms with Gasteiger partial charge in [0.05, 0.1) is 10.6 Å². The van der Waals surface area contributed by atoms with Crippen LogP contribution in [-0.4, -0.2) is 27.0 Å². The van der Waals surface area contributed by atoms with Crippen LogP contribution in [0.5, 0.6) is 0 Å². The van der Waals surface area contributed by atoms with Crippen LogP contribution in [0.25, 0.3) is 10.6 Å². The Morgan fingerprint density at radius 2 is 2.25 bits per heavy atom. The summed E-state index contributed by atoms with van der Waals surface area (Å²) < 4.78 is 0. The van der Waals surface area contributed by atoms with Crippen molar-refractivity contribution in [3.8, 4) is 10.6 Å². The fourth-order valence-electron chi connectivity index (χ4n) is 1.09. The number of aliphatic carboxylic acids is 1. The van der Waals surface area contributed by atoms with Gasteiger partial charge in [-0.15, -0.1) is 21.5 Å². The minimum Gasteiger partial charge on any atom is -0.481 e. The maximum Gasteiger partial charge on any atom is 0.313 e. The van der Waals surface area contributed by atoms with E-state index >= 15 is 0 Å². The maximum atomic E-state index is 10.4. The number of thiophene rings is 1. The topological polar surface area (TPSA) is 63.1 Å². The maximum absolute atomic E-state index is 10.4. The van der Waals surface area contributed by atoms with Crippen molar-refractivity contribution < 1.29 is 9.90 Å². The molecular weight excluding hydrogens is 244 g/mol. The highest BCUT2D eigenvalue weighted by molar-refractivity contribution is 7.99. The number of hydrogen-bond donors (Lipinski definition) is 1. The number of aromatic nitrogens is 2. The Bertz CT molecular complexity index is 468. The van der Waals surface area contributed by atoms with Gasteiger partial charge in [-0.2, -0.15) is 0 Å². The van der Waals surface area contributed by atoms with Crippen LogP contribution in [0.15, 0.2) is 34.7 Å². The molecule has 0 bridgehead atoms. The minimum atomic E-state index is -0.853. The van der Waals surface area contributed by atoms with Gasteiger partial charge in [-0.3, -0.25) is 4.79 Å². The molecule has 82 valence electrons. The summed E-state index contributed by atoms with van der Waals surface area (Å²) >= 11 is 2.76. The van der Waals surface area contributed by atoms with E-state index in [2.05, 4.69) is 10.2 Å². The second-order valence-corrected chi connectivity index (χ2v) is 4.86. The number of carboxylic acids is 1. The quantitative estimate of drug-likeness (QED) is 0.846. The van der Waals surface area contributed by atoms with Gasteiger partial charge in [-0.1, -0.05) is 17.8 Å². The number of carbonyl (C=O) groups is 1. The third kappa shape index (κ3) is 2.80. The molecule has 2 rings (SSSR count). The van der Waals surface area contributed by atoms with Gasteiger partial charge in [0, 0.05) is 0 Å². The molecule has 0 spiro atoms. The second kappa shape index (κ2) is 5.09. The summed E-state index contributed by atoms with van der Waals surface area (Å²) in [7, 11) is 0. The predicted octanol–water partition coefficient (Wildman–Crippen LogP) is 2.38. The SMILES string of the molecule is O=C(O)CSc1ccc(-c2cccs2)nn1. The number of rotatable bonds is 4. The zero-order valence-corrected chi connectivity index (χ0v) is 9.79. The summed E-state index contributed by atoms with van der Waals surface area (Å²) in [5.74, 6) is -0.846. The molecule has 0 unspecified atom stereocenters. The van der Waals surface area contributed by atoms with Crippen molar-refractivity contribution in [1.29, 1.82) is 0 Å². The average molecular weight is 252 g/mol. The van der Waals surface area contributed by atoms with E-state index in [9.17, 15) is 4.79 Å². The molecule has 0 amide bonds. The Morgan fingerprint density at radius 1 is 1.38 bits per heavy atom. The van der Waals surface area contributed by atoms with Crippen LogP contribution in [0.2, 0.25) is 0 Å². The lowest BCUT2D eigenvalue weighted by atomic mass is 10.3. The summed E-state index contributed by atoms with van der Waals surface area (Å²) in [5.41, 5.74) is 0.815. The highest BCUT2D eigenvalue weighted by Gasteiger charge is 2.04. The fraction of sp³-hybridized carbons (Fsp3) is 0.100. The molecule has 2 heterocycles. The highest BCUT2D eigenvalue weighted by Crippen LogP contribution is 2.23. The molecule has 0 saturated heterocycles. The second-order valence-electron chi connectivity index (χ2n) is 2.92. The molecule has 0 fully saturated rings. The van der Waals surface area contributed by atoms with E-state index < -0.39 is 5.97 Å². The zero-order valence-electron chi connectivity index (χ0n) is 8.16. The van der Waals surface area contributed by atoms with Crippen LogP contribution >= 0.6 is 23.1 Å². The number of hydrogen-bond acceptors (Lipinski definition) is 5. The van der Waals surface area contributed by atoms with Gasteiger partial charge in [0.25, 0.3) is 0 Å². The minimum absolute atomic E-state index is 0.00697. The molecular formula is C10H8N2O2S2. The molecule has 1 N–H and O–H groups in total. The molecule has 0 radical (unpaired) electrons. The Hall–Kier alpha value is -1.40. The largest absolute Gasteiger partial charge is 0.481 e. The number of thioether (sulfide) groups is 1. The van der Waals surface area contributed by atoms with Crippen LogP contribution in [0.3, 0.4) is 0 Å². The first-order valence-corrected chi connectivity index (χ1v) is 6.34. The van der Waals surface area contributed by atoms with Gasteiger partial charge in [0.15, 0.2) is 0 Å². The van der Waals surface area contributed by atoms with E-state index in [1.165, 1.54) is 0 Å². The van der Waals surface area contributed by atoms with Crippen molar-refractivity contribution in [2.24, 2.45) is 0 Å². The van der Waals surface area contributed by atoms with Crippen LogP contribution in [-0.2, 0) is 4.79 Å². The molecule has 4 nitrogen and oxygen atoms in total. The first kappa shape index (κ1) is 11.1. The summed E-state index contributed by atoms with van der Waals surface area (Å²) in [6.45, 7) is 0. The van der Waals surface area contributed by atoms with E-state index in [1.807, 2.05) is 23.6 Å². The third-order valence-electron chi connectivity index (χ3n) is 1.76. The average Bonchev–Trinajstić information content (AvgIpc) is 2.80. The van der Waals surface area contributed by atoms with Crippen molar-refractivity contribution in [2.45, 2.75) is 5.03 Å². The Morgan fingerprint density at radius 3 is 2.81 bits per heavy atom. The first-order valence-electron chi connectivity index (χ1n) is 4.48. The van der Waals surface area contributed by atoms with Crippen LogP contribution < -0.4 is 0 Å². The molecule has 0 aliphatic carbocycles. The van der Waals surface area contributed by atoms with E-state index in [0.29, 0.717) is 5.03 Å². The summed E-state index contributed by atoms with van der Waals surface area (Å²) in [6, 6.07) is 7.56. The lowest BCUT2D eigenvalue weighted by Gasteiger charge is -1.98. The molecule has 2 aromatic heterocycles. The van der Waals surface area contributed by atoms with E-state index in [4.69, 9.17) is 5.11 Å². The Labute approximate surface area is 100 Å². The molecule has 16 heavy (non-hydrogen) atoms. The summed E-state index contributed by atoms with van der Waals surface area (Å²) in [5, 5.41) is 19.1. The van der Waals surface area contributed by atoms with Gasteiger partial charge in [0.1, 0.15) is 10.7 Å². The lowest BCUT2D eigenvalue weighted by molar-refractivity contribution is -0.133. The van der Waals surface area contributed by atoms with Crippen molar-refractivity contribution in [1.82, 2.24) is 10.2 Å². The van der Waals surface area contributed by atoms with E-state index in [-0.39, 0.29) is 5.75 Å². The standard InChI is InChI=1S/C10H8N2O2S2/c13-10(14)6-16-9-4-3-7(11-12-9)8-2-1-5-15-8/h1-5H,6H2,(H,13,14). The summed E-state index contributed by atoms with van der Waals surface area (Å²) in [6.07, 6.45) is 0. The monoisotopic (exact) mass is 252 g/mol. The van der Waals surface area contributed by atoms with Crippen LogP contribution in [0.4, 0.5) is 0 Å². The number of nitrogens with zero attached hydrogens (tertiary/aromatic N) is 2. The molecule has 0 aliphatic heterocycles. The molecule has 0 aliphatic rings. The molecule has 0 aromatic carbocycles. The highest BCUT2D eigenvalue weighted by atomic mass is 32.2. The molecule has 0 atom stereocenters. The van der Waals surface area contributed by atoms with E-state index in [0.717, 1.165) is 22.3 Å². The zero-order chi connectivity index (χ0) is 11.4. The van der Waals surface area contributed by atoms with Gasteiger partial charge < -0.3 is 5.11 Å². The van der Waals surface area contributed by atoms with Gasteiger partial charge in [-0.25, -0.2) is 0 Å². The normalized spacial score (nSPS) is 10.2. The fourth-order valence-corrected chi connectivity index (χ4v) is 2.31. The van der Waals surface area contributed by atoms with Crippen molar-refractivity contribution in [2.75, 3.05) is 5.75 Å². The first-order chi connectivity index (χ1) is 7.75. The van der Waals surface area contributed by atoms with Crippen LogP contribution in [0, 0.1) is 0 Å². The van der Waals surface area contributed by atoms with Crippen LogP contribution in [0.1, 0.15) is 0 Å². The molecule has 0 saturated carbocycles. The number of carboxylic acid groups (broad SMARTS) is 1. The smallest absolute Gasteiger partial charge is 0.313 e. The molecule has 6 heteroatoms. The Kier molecular flexibility index (Phi) is 3.53. The third-order valence-corrected chi connectivity index (χ3v) is 3.55. The summed E-state index contributed by atoms with van der Waals surface area (Å²) in [4.78, 5) is 11.4. The Balaban J connectivity index is 2.08.